The third-order valence-corrected chi connectivity index (χ3v) is 9.36. The van der Waals surface area contributed by atoms with Crippen molar-refractivity contribution in [1.82, 2.24) is 13.9 Å². The number of piperidine rings is 1. The fraction of sp³-hybridized carbons (Fsp3) is 0.500. The van der Waals surface area contributed by atoms with Gasteiger partial charge in [-0.25, -0.2) is 17.8 Å². The number of nitrogens with zero attached hydrogens (tertiary/aromatic N) is 3. The summed E-state index contributed by atoms with van der Waals surface area (Å²) in [5, 5.41) is 0.821. The van der Waals surface area contributed by atoms with Crippen LogP contribution in [0.5, 0.6) is 0 Å². The zero-order chi connectivity index (χ0) is 25.0. The van der Waals surface area contributed by atoms with Crippen LogP contribution >= 0.6 is 11.8 Å². The number of aryl methyl sites for hydroxylation is 2. The molecule has 1 atom stereocenters. The molecule has 0 saturated carbocycles. The second-order valence-electron chi connectivity index (χ2n) is 9.22. The molecular formula is C26H34FN3O3S2. The van der Waals surface area contributed by atoms with E-state index in [1.165, 1.54) is 6.07 Å². The Bertz CT molecular complexity index is 1280. The van der Waals surface area contributed by atoms with E-state index in [-0.39, 0.29) is 5.82 Å². The van der Waals surface area contributed by atoms with E-state index in [0.717, 1.165) is 47.6 Å². The van der Waals surface area contributed by atoms with Crippen molar-refractivity contribution >= 4 is 32.8 Å². The number of hydrogen-bond acceptors (Lipinski definition) is 5. The first kappa shape index (κ1) is 26.1. The quantitative estimate of drug-likeness (QED) is 0.257. The number of hydrogen-bond donors (Lipinski definition) is 0. The fourth-order valence-electron chi connectivity index (χ4n) is 4.52. The molecule has 0 aliphatic carbocycles. The number of rotatable bonds is 10. The van der Waals surface area contributed by atoms with E-state index < -0.39 is 10.0 Å². The zero-order valence-electron chi connectivity index (χ0n) is 20.7. The molecule has 1 aliphatic heterocycles. The van der Waals surface area contributed by atoms with E-state index in [0.29, 0.717) is 48.4 Å². The minimum absolute atomic E-state index is 0.240. The standard InChI is InChI=1S/C26H34FN3O3S2/c1-4-33-14-6-13-30-25-11-10-23(35(31,32)29-12-5-7-19(2)17-29)16-24(25)28-26(30)34-18-21-8-9-22(27)15-20(21)3/h8-11,15-16,19H,4-7,12-14,17-18H2,1-3H3/t19-/m0/s1. The lowest BCUT2D eigenvalue weighted by Crippen LogP contribution is -2.39. The molecule has 35 heavy (non-hydrogen) atoms. The van der Waals surface area contributed by atoms with Crippen LogP contribution < -0.4 is 0 Å². The van der Waals surface area contributed by atoms with Gasteiger partial charge in [-0.3, -0.25) is 0 Å². The number of fused-ring (bicyclic) bond motifs is 1. The van der Waals surface area contributed by atoms with Crippen LogP contribution in [-0.2, 0) is 27.1 Å². The van der Waals surface area contributed by atoms with Crippen LogP contribution in [0.3, 0.4) is 0 Å². The van der Waals surface area contributed by atoms with Gasteiger partial charge >= 0.3 is 0 Å². The predicted molar refractivity (Wildman–Crippen MR) is 139 cm³/mol. The zero-order valence-corrected chi connectivity index (χ0v) is 22.3. The Kier molecular flexibility index (Phi) is 8.52. The molecule has 0 N–H and O–H groups in total. The van der Waals surface area contributed by atoms with Gasteiger partial charge < -0.3 is 9.30 Å². The third kappa shape index (κ3) is 6.07. The first-order valence-corrected chi connectivity index (χ1v) is 14.7. The number of halogens is 1. The van der Waals surface area contributed by atoms with E-state index >= 15 is 0 Å². The molecule has 190 valence electrons. The van der Waals surface area contributed by atoms with Crippen LogP contribution in [0.1, 0.15) is 44.2 Å². The van der Waals surface area contributed by atoms with Gasteiger partial charge in [0.15, 0.2) is 5.16 Å². The Balaban J connectivity index is 1.63. The van der Waals surface area contributed by atoms with E-state index in [1.54, 1.807) is 34.3 Å². The van der Waals surface area contributed by atoms with E-state index in [1.807, 2.05) is 26.0 Å². The van der Waals surface area contributed by atoms with Gasteiger partial charge in [-0.2, -0.15) is 4.31 Å². The summed E-state index contributed by atoms with van der Waals surface area (Å²) in [5.74, 6) is 0.776. The highest BCUT2D eigenvalue weighted by Crippen LogP contribution is 2.31. The molecule has 9 heteroatoms. The number of benzene rings is 2. The van der Waals surface area contributed by atoms with Crippen molar-refractivity contribution in [2.24, 2.45) is 5.92 Å². The summed E-state index contributed by atoms with van der Waals surface area (Å²) in [6, 6.07) is 10.1. The van der Waals surface area contributed by atoms with Crippen molar-refractivity contribution in [3.05, 3.63) is 53.3 Å². The number of thioether (sulfide) groups is 1. The molecule has 2 heterocycles. The molecule has 3 aromatic rings. The van der Waals surface area contributed by atoms with Crippen molar-refractivity contribution < 1.29 is 17.5 Å². The first-order valence-electron chi connectivity index (χ1n) is 12.3. The summed E-state index contributed by atoms with van der Waals surface area (Å²) in [4.78, 5) is 5.13. The van der Waals surface area contributed by atoms with Crippen LogP contribution in [-0.4, -0.2) is 48.6 Å². The second-order valence-corrected chi connectivity index (χ2v) is 12.1. The third-order valence-electron chi connectivity index (χ3n) is 6.48. The Hall–Kier alpha value is -1.94. The Morgan fingerprint density at radius 3 is 2.80 bits per heavy atom. The van der Waals surface area contributed by atoms with Gasteiger partial charge in [0, 0.05) is 38.6 Å². The smallest absolute Gasteiger partial charge is 0.243 e. The molecule has 0 unspecified atom stereocenters. The second kappa shape index (κ2) is 11.4. The maximum Gasteiger partial charge on any atom is 0.243 e. The average molecular weight is 520 g/mol. The SMILES string of the molecule is CCOCCCn1c(SCc2ccc(F)cc2C)nc2cc(S(=O)(=O)N3CCC[C@H](C)C3)ccc21. The molecule has 1 saturated heterocycles. The lowest BCUT2D eigenvalue weighted by atomic mass is 10.0. The molecule has 2 aromatic carbocycles. The summed E-state index contributed by atoms with van der Waals surface area (Å²) in [6.07, 6.45) is 2.78. The first-order chi connectivity index (χ1) is 16.8. The molecule has 1 aliphatic rings. The van der Waals surface area contributed by atoms with Crippen LogP contribution in [0.2, 0.25) is 0 Å². The summed E-state index contributed by atoms with van der Waals surface area (Å²) < 4.78 is 49.4. The fourth-order valence-corrected chi connectivity index (χ4v) is 7.26. The normalized spacial score (nSPS) is 17.3. The predicted octanol–water partition coefficient (Wildman–Crippen LogP) is 5.62. The summed E-state index contributed by atoms with van der Waals surface area (Å²) in [6.45, 7) is 9.15. The largest absolute Gasteiger partial charge is 0.382 e. The van der Waals surface area contributed by atoms with Gasteiger partial charge in [0.2, 0.25) is 10.0 Å². The summed E-state index contributed by atoms with van der Waals surface area (Å²) >= 11 is 1.58. The highest BCUT2D eigenvalue weighted by Gasteiger charge is 2.29. The summed E-state index contributed by atoms with van der Waals surface area (Å²) in [7, 11) is -3.56. The van der Waals surface area contributed by atoms with E-state index in [9.17, 15) is 12.8 Å². The van der Waals surface area contributed by atoms with Gasteiger partial charge in [0.25, 0.3) is 0 Å². The molecular weight excluding hydrogens is 485 g/mol. The lowest BCUT2D eigenvalue weighted by Gasteiger charge is -2.30. The number of ether oxygens (including phenoxy) is 1. The molecule has 0 amide bonds. The van der Waals surface area contributed by atoms with E-state index in [2.05, 4.69) is 11.5 Å². The Labute approximate surface area is 211 Å². The molecule has 1 fully saturated rings. The molecule has 0 bridgehead atoms. The van der Waals surface area contributed by atoms with Crippen molar-refractivity contribution in [2.75, 3.05) is 26.3 Å². The highest BCUT2D eigenvalue weighted by molar-refractivity contribution is 7.98. The van der Waals surface area contributed by atoms with Crippen molar-refractivity contribution in [3.8, 4) is 0 Å². The van der Waals surface area contributed by atoms with Gasteiger partial charge in [-0.15, -0.1) is 0 Å². The molecule has 0 spiro atoms. The van der Waals surface area contributed by atoms with Crippen LogP contribution in [0.4, 0.5) is 4.39 Å². The van der Waals surface area contributed by atoms with Crippen molar-refractivity contribution in [1.29, 1.82) is 0 Å². The average Bonchev–Trinajstić information content (AvgIpc) is 3.18. The van der Waals surface area contributed by atoms with Crippen LogP contribution in [0, 0.1) is 18.7 Å². The Morgan fingerprint density at radius 1 is 1.23 bits per heavy atom. The molecule has 4 rings (SSSR count). The van der Waals surface area contributed by atoms with Gasteiger partial charge in [-0.1, -0.05) is 24.8 Å². The number of imidazole rings is 1. The summed E-state index contributed by atoms with van der Waals surface area (Å²) in [5.41, 5.74) is 3.53. The number of aromatic nitrogens is 2. The van der Waals surface area contributed by atoms with E-state index in [4.69, 9.17) is 9.72 Å². The van der Waals surface area contributed by atoms with Gasteiger partial charge in [-0.05, 0) is 80.5 Å². The molecule has 6 nitrogen and oxygen atoms in total. The maximum atomic E-state index is 13.5. The molecule has 0 radical (unpaired) electrons. The van der Waals surface area contributed by atoms with Crippen LogP contribution in [0.25, 0.3) is 11.0 Å². The van der Waals surface area contributed by atoms with Gasteiger partial charge in [0.05, 0.1) is 15.9 Å². The lowest BCUT2D eigenvalue weighted by molar-refractivity contribution is 0.141. The minimum Gasteiger partial charge on any atom is -0.382 e. The minimum atomic E-state index is -3.56. The number of sulfonamides is 1. The maximum absolute atomic E-state index is 13.5. The van der Waals surface area contributed by atoms with Gasteiger partial charge in [0.1, 0.15) is 5.82 Å². The van der Waals surface area contributed by atoms with Crippen molar-refractivity contribution in [3.63, 3.8) is 0 Å². The van der Waals surface area contributed by atoms with Crippen LogP contribution in [0.15, 0.2) is 46.5 Å². The topological polar surface area (TPSA) is 64.4 Å². The Morgan fingerprint density at radius 2 is 2.06 bits per heavy atom. The highest BCUT2D eigenvalue weighted by atomic mass is 32.2. The molecule has 1 aromatic heterocycles. The van der Waals surface area contributed by atoms with Crippen molar-refractivity contribution in [2.45, 2.75) is 62.4 Å². The monoisotopic (exact) mass is 519 g/mol.